The maximum Gasteiger partial charge on any atom is 0.233 e. The van der Waals surface area contributed by atoms with Gasteiger partial charge in [-0.3, -0.25) is 4.79 Å². The van der Waals surface area contributed by atoms with Gasteiger partial charge in [0.1, 0.15) is 12.4 Å². The average molecular weight is 308 g/mol. The number of anilines is 2. The zero-order chi connectivity index (χ0) is 15.8. The molecule has 0 aliphatic carbocycles. The van der Waals surface area contributed by atoms with Crippen molar-refractivity contribution in [2.24, 2.45) is 5.92 Å². The summed E-state index contributed by atoms with van der Waals surface area (Å²) in [7, 11) is 0. The minimum absolute atomic E-state index is 0.128. The van der Waals surface area contributed by atoms with Crippen LogP contribution < -0.4 is 15.4 Å². The molecule has 2 N–H and O–H groups in total. The van der Waals surface area contributed by atoms with E-state index in [1.165, 1.54) is 0 Å². The summed E-state index contributed by atoms with van der Waals surface area (Å²) in [6.07, 6.45) is 2.63. The van der Waals surface area contributed by atoms with Gasteiger partial charge in [0.05, 0.1) is 5.92 Å². The van der Waals surface area contributed by atoms with E-state index in [4.69, 9.17) is 10.5 Å². The molecule has 1 amide bonds. The first-order valence-electron chi connectivity index (χ1n) is 8.13. The lowest BCUT2D eigenvalue weighted by Gasteiger charge is -2.34. The molecule has 0 radical (unpaired) electrons. The number of para-hydroxylation sites is 1. The first-order chi connectivity index (χ1) is 11.2. The van der Waals surface area contributed by atoms with Crippen molar-refractivity contribution in [2.75, 3.05) is 23.8 Å². The standard InChI is InChI=1S/C19H20N2O2/c20-16-7-3-8-17-15(16)6-4-10-21(17)19(22)14-11-13-5-1-2-9-18(13)23-12-14/h1-3,5,7-9,14H,4,6,10-12,20H2. The normalized spacial score (nSPS) is 19.5. The van der Waals surface area contributed by atoms with Crippen LogP contribution >= 0.6 is 0 Å². The van der Waals surface area contributed by atoms with Gasteiger partial charge in [0.25, 0.3) is 0 Å². The molecule has 0 fully saturated rings. The van der Waals surface area contributed by atoms with E-state index in [9.17, 15) is 4.79 Å². The quantitative estimate of drug-likeness (QED) is 0.824. The van der Waals surface area contributed by atoms with Crippen LogP contribution in [0.15, 0.2) is 42.5 Å². The molecule has 0 aromatic heterocycles. The average Bonchev–Trinajstić information content (AvgIpc) is 2.61. The second-order valence-electron chi connectivity index (χ2n) is 6.26. The molecule has 0 saturated carbocycles. The Hall–Kier alpha value is -2.49. The molecular formula is C19H20N2O2. The lowest BCUT2D eigenvalue weighted by molar-refractivity contribution is -0.123. The van der Waals surface area contributed by atoms with Crippen LogP contribution in [-0.4, -0.2) is 19.1 Å². The lowest BCUT2D eigenvalue weighted by Crippen LogP contribution is -2.43. The van der Waals surface area contributed by atoms with Crippen LogP contribution in [0.5, 0.6) is 5.75 Å². The largest absolute Gasteiger partial charge is 0.492 e. The third-order valence-electron chi connectivity index (χ3n) is 4.78. The van der Waals surface area contributed by atoms with Crippen molar-refractivity contribution in [3.05, 3.63) is 53.6 Å². The van der Waals surface area contributed by atoms with Gasteiger partial charge in [0, 0.05) is 17.9 Å². The molecule has 2 aromatic rings. The number of nitrogens with zero attached hydrogens (tertiary/aromatic N) is 1. The fourth-order valence-corrected chi connectivity index (χ4v) is 3.59. The molecule has 4 rings (SSSR count). The third kappa shape index (κ3) is 2.44. The molecule has 2 aliphatic rings. The number of benzene rings is 2. The van der Waals surface area contributed by atoms with Crippen LogP contribution in [0.2, 0.25) is 0 Å². The molecule has 0 bridgehead atoms. The molecule has 118 valence electrons. The van der Waals surface area contributed by atoms with E-state index in [0.29, 0.717) is 6.61 Å². The SMILES string of the molecule is Nc1cccc2c1CCCN2C(=O)C1COc2ccccc2C1. The van der Waals surface area contributed by atoms with Crippen molar-refractivity contribution in [3.8, 4) is 5.75 Å². The number of hydrogen-bond acceptors (Lipinski definition) is 3. The Morgan fingerprint density at radius 3 is 2.96 bits per heavy atom. The Kier molecular flexibility index (Phi) is 3.45. The van der Waals surface area contributed by atoms with E-state index < -0.39 is 0 Å². The Morgan fingerprint density at radius 1 is 1.17 bits per heavy atom. The summed E-state index contributed by atoms with van der Waals surface area (Å²) in [5.41, 5.74) is 10.1. The monoisotopic (exact) mass is 308 g/mol. The van der Waals surface area contributed by atoms with E-state index in [1.54, 1.807) is 0 Å². The summed E-state index contributed by atoms with van der Waals surface area (Å²) in [4.78, 5) is 14.9. The Morgan fingerprint density at radius 2 is 2.04 bits per heavy atom. The number of fused-ring (bicyclic) bond motifs is 2. The number of ether oxygens (including phenoxy) is 1. The van der Waals surface area contributed by atoms with Gasteiger partial charge < -0.3 is 15.4 Å². The van der Waals surface area contributed by atoms with Crippen molar-refractivity contribution in [3.63, 3.8) is 0 Å². The topological polar surface area (TPSA) is 55.6 Å². The molecule has 23 heavy (non-hydrogen) atoms. The summed E-state index contributed by atoms with van der Waals surface area (Å²) in [5.74, 6) is 0.920. The van der Waals surface area contributed by atoms with E-state index in [0.717, 1.165) is 54.1 Å². The molecule has 4 heteroatoms. The molecule has 1 unspecified atom stereocenters. The summed E-state index contributed by atoms with van der Waals surface area (Å²) in [6.45, 7) is 1.21. The highest BCUT2D eigenvalue weighted by atomic mass is 16.5. The Balaban J connectivity index is 1.61. The first-order valence-corrected chi connectivity index (χ1v) is 8.13. The second kappa shape index (κ2) is 5.61. The zero-order valence-corrected chi connectivity index (χ0v) is 13.0. The van der Waals surface area contributed by atoms with E-state index >= 15 is 0 Å². The minimum atomic E-state index is -0.128. The third-order valence-corrected chi connectivity index (χ3v) is 4.78. The molecular weight excluding hydrogens is 288 g/mol. The highest BCUT2D eigenvalue weighted by Gasteiger charge is 2.32. The molecule has 2 aliphatic heterocycles. The maximum absolute atomic E-state index is 13.0. The van der Waals surface area contributed by atoms with Gasteiger partial charge in [-0.1, -0.05) is 24.3 Å². The number of nitrogen functional groups attached to an aromatic ring is 1. The van der Waals surface area contributed by atoms with Gasteiger partial charge in [0.2, 0.25) is 5.91 Å². The van der Waals surface area contributed by atoms with Gasteiger partial charge in [-0.05, 0) is 48.6 Å². The fraction of sp³-hybridized carbons (Fsp3) is 0.316. The van der Waals surface area contributed by atoms with Crippen molar-refractivity contribution in [1.29, 1.82) is 0 Å². The van der Waals surface area contributed by atoms with Crippen LogP contribution in [-0.2, 0) is 17.6 Å². The molecule has 2 heterocycles. The van der Waals surface area contributed by atoms with Gasteiger partial charge in [-0.2, -0.15) is 0 Å². The smallest absolute Gasteiger partial charge is 0.233 e. The van der Waals surface area contributed by atoms with Gasteiger partial charge in [0.15, 0.2) is 0 Å². The van der Waals surface area contributed by atoms with Crippen LogP contribution in [0.25, 0.3) is 0 Å². The number of amides is 1. The highest BCUT2D eigenvalue weighted by molar-refractivity contribution is 5.97. The van der Waals surface area contributed by atoms with Crippen LogP contribution in [0.1, 0.15) is 17.5 Å². The molecule has 0 spiro atoms. The molecule has 1 atom stereocenters. The van der Waals surface area contributed by atoms with Crippen molar-refractivity contribution in [2.45, 2.75) is 19.3 Å². The van der Waals surface area contributed by atoms with Crippen LogP contribution in [0.4, 0.5) is 11.4 Å². The number of carbonyl (C=O) groups excluding carboxylic acids is 1. The Bertz CT molecular complexity index is 757. The maximum atomic E-state index is 13.0. The second-order valence-corrected chi connectivity index (χ2v) is 6.26. The van der Waals surface area contributed by atoms with E-state index in [1.807, 2.05) is 47.4 Å². The van der Waals surface area contributed by atoms with E-state index in [-0.39, 0.29) is 11.8 Å². The van der Waals surface area contributed by atoms with Gasteiger partial charge in [-0.15, -0.1) is 0 Å². The number of carbonyl (C=O) groups is 1. The van der Waals surface area contributed by atoms with Crippen LogP contribution in [0, 0.1) is 5.92 Å². The summed E-state index contributed by atoms with van der Waals surface area (Å²) in [6, 6.07) is 13.8. The fourth-order valence-electron chi connectivity index (χ4n) is 3.59. The number of nitrogens with two attached hydrogens (primary N) is 1. The number of hydrogen-bond donors (Lipinski definition) is 1. The van der Waals surface area contributed by atoms with Crippen molar-refractivity contribution < 1.29 is 9.53 Å². The highest BCUT2D eigenvalue weighted by Crippen LogP contribution is 2.34. The predicted molar refractivity (Wildman–Crippen MR) is 90.7 cm³/mol. The zero-order valence-electron chi connectivity index (χ0n) is 13.0. The van der Waals surface area contributed by atoms with Gasteiger partial charge in [-0.25, -0.2) is 0 Å². The molecule has 0 saturated heterocycles. The lowest BCUT2D eigenvalue weighted by atomic mass is 9.93. The minimum Gasteiger partial charge on any atom is -0.492 e. The van der Waals surface area contributed by atoms with Gasteiger partial charge >= 0.3 is 0 Å². The van der Waals surface area contributed by atoms with Crippen LogP contribution in [0.3, 0.4) is 0 Å². The Labute approximate surface area is 135 Å². The first kappa shape index (κ1) is 14.1. The van der Waals surface area contributed by atoms with Crippen molar-refractivity contribution >= 4 is 17.3 Å². The number of rotatable bonds is 1. The molecule has 4 nitrogen and oxygen atoms in total. The van der Waals surface area contributed by atoms with E-state index in [2.05, 4.69) is 0 Å². The summed E-state index contributed by atoms with van der Waals surface area (Å²) >= 11 is 0. The summed E-state index contributed by atoms with van der Waals surface area (Å²) in [5, 5.41) is 0. The summed E-state index contributed by atoms with van der Waals surface area (Å²) < 4.78 is 5.79. The molecule has 2 aromatic carbocycles. The predicted octanol–water partition coefficient (Wildman–Crippen LogP) is 2.80. The van der Waals surface area contributed by atoms with Crippen molar-refractivity contribution in [1.82, 2.24) is 0 Å².